The minimum absolute atomic E-state index is 0.277. The molecule has 1 fully saturated rings. The highest BCUT2D eigenvalue weighted by Crippen LogP contribution is 2.30. The van der Waals surface area contributed by atoms with Gasteiger partial charge in [-0.05, 0) is 30.0 Å². The van der Waals surface area contributed by atoms with E-state index < -0.39 is 0 Å². The van der Waals surface area contributed by atoms with Gasteiger partial charge in [-0.25, -0.2) is 0 Å². The zero-order chi connectivity index (χ0) is 12.5. The summed E-state index contributed by atoms with van der Waals surface area (Å²) in [5.41, 5.74) is 7.87. The van der Waals surface area contributed by atoms with Gasteiger partial charge in [0.2, 0.25) is 0 Å². The van der Waals surface area contributed by atoms with Gasteiger partial charge in [-0.15, -0.1) is 0 Å². The van der Waals surface area contributed by atoms with E-state index >= 15 is 0 Å². The normalized spacial score (nSPS) is 24.8. The monoisotopic (exact) mass is 296 g/mol. The summed E-state index contributed by atoms with van der Waals surface area (Å²) in [7, 11) is 0. The van der Waals surface area contributed by atoms with Crippen LogP contribution in [0.1, 0.15) is 25.8 Å². The van der Waals surface area contributed by atoms with E-state index in [1.54, 1.807) is 0 Å². The summed E-state index contributed by atoms with van der Waals surface area (Å²) in [4.78, 5) is 2.45. The molecule has 0 spiro atoms. The minimum atomic E-state index is 0.277. The number of nitrogens with zero attached hydrogens (tertiary/aromatic N) is 1. The lowest BCUT2D eigenvalue weighted by Gasteiger charge is -2.42. The smallest absolute Gasteiger partial charge is 0.0245 e. The van der Waals surface area contributed by atoms with Gasteiger partial charge in [0.15, 0.2) is 0 Å². The summed E-state index contributed by atoms with van der Waals surface area (Å²) < 4.78 is 1.19. The Balaban J connectivity index is 2.00. The van der Waals surface area contributed by atoms with Gasteiger partial charge in [0.05, 0.1) is 0 Å². The zero-order valence-electron chi connectivity index (χ0n) is 10.6. The van der Waals surface area contributed by atoms with Crippen molar-refractivity contribution in [3.05, 3.63) is 34.3 Å². The summed E-state index contributed by atoms with van der Waals surface area (Å²) in [5.74, 6) is 0. The molecule has 3 heteroatoms. The molecule has 1 aliphatic rings. The van der Waals surface area contributed by atoms with Gasteiger partial charge >= 0.3 is 0 Å². The highest BCUT2D eigenvalue weighted by Gasteiger charge is 2.32. The molecule has 2 N–H and O–H groups in total. The molecular formula is C14H21BrN2. The summed E-state index contributed by atoms with van der Waals surface area (Å²) in [6.45, 7) is 7.67. The number of halogens is 1. The largest absolute Gasteiger partial charge is 0.326 e. The zero-order valence-corrected chi connectivity index (χ0v) is 12.2. The molecule has 1 aromatic rings. The van der Waals surface area contributed by atoms with Crippen molar-refractivity contribution in [2.75, 3.05) is 13.1 Å². The summed E-state index contributed by atoms with van der Waals surface area (Å²) in [6, 6.07) is 8.70. The number of hydrogen-bond acceptors (Lipinski definition) is 2. The first-order chi connectivity index (χ1) is 7.99. The Hall–Kier alpha value is -0.380. The van der Waals surface area contributed by atoms with E-state index in [-0.39, 0.29) is 11.5 Å². The third-order valence-electron chi connectivity index (χ3n) is 3.88. The van der Waals surface area contributed by atoms with Crippen molar-refractivity contribution in [3.63, 3.8) is 0 Å². The quantitative estimate of drug-likeness (QED) is 0.909. The van der Waals surface area contributed by atoms with Gasteiger partial charge in [-0.2, -0.15) is 0 Å². The molecule has 0 saturated carbocycles. The summed E-state index contributed by atoms with van der Waals surface area (Å²) in [5, 5.41) is 0. The maximum absolute atomic E-state index is 6.24. The van der Waals surface area contributed by atoms with Crippen molar-refractivity contribution < 1.29 is 0 Å². The molecular weight excluding hydrogens is 276 g/mol. The molecule has 2 rings (SSSR count). The van der Waals surface area contributed by atoms with E-state index in [1.165, 1.54) is 16.5 Å². The number of likely N-dealkylation sites (tertiary alicyclic amines) is 1. The van der Waals surface area contributed by atoms with E-state index in [1.807, 2.05) is 0 Å². The first-order valence-corrected chi connectivity index (χ1v) is 7.00. The Morgan fingerprint density at radius 3 is 2.76 bits per heavy atom. The van der Waals surface area contributed by atoms with Gasteiger partial charge in [0, 0.05) is 23.6 Å². The van der Waals surface area contributed by atoms with Crippen LogP contribution in [-0.4, -0.2) is 24.0 Å². The summed E-state index contributed by atoms with van der Waals surface area (Å²) in [6.07, 6.45) is 1.18. The first-order valence-electron chi connectivity index (χ1n) is 6.20. The van der Waals surface area contributed by atoms with Gasteiger partial charge in [-0.3, -0.25) is 4.90 Å². The predicted octanol–water partition coefficient (Wildman–Crippen LogP) is 3.01. The molecule has 0 aliphatic carbocycles. The fourth-order valence-corrected chi connectivity index (χ4v) is 2.67. The third kappa shape index (κ3) is 3.09. The van der Waals surface area contributed by atoms with E-state index in [0.29, 0.717) is 0 Å². The SMILES string of the molecule is CC1(C)CCN(Cc2ccccc2Br)CC1N. The maximum atomic E-state index is 6.24. The van der Waals surface area contributed by atoms with Crippen LogP contribution in [0.2, 0.25) is 0 Å². The summed E-state index contributed by atoms with van der Waals surface area (Å²) >= 11 is 3.60. The van der Waals surface area contributed by atoms with E-state index in [0.717, 1.165) is 19.6 Å². The van der Waals surface area contributed by atoms with Gasteiger partial charge < -0.3 is 5.73 Å². The molecule has 1 aromatic carbocycles. The Labute approximate surface area is 112 Å². The van der Waals surface area contributed by atoms with Crippen molar-refractivity contribution in [1.29, 1.82) is 0 Å². The van der Waals surface area contributed by atoms with E-state index in [2.05, 4.69) is 58.9 Å². The second-order valence-electron chi connectivity index (χ2n) is 5.67. The van der Waals surface area contributed by atoms with Gasteiger partial charge in [-0.1, -0.05) is 48.0 Å². The lowest BCUT2D eigenvalue weighted by atomic mass is 9.78. The minimum Gasteiger partial charge on any atom is -0.326 e. The van der Waals surface area contributed by atoms with Gasteiger partial charge in [0.1, 0.15) is 0 Å². The molecule has 94 valence electrons. The van der Waals surface area contributed by atoms with Gasteiger partial charge in [0.25, 0.3) is 0 Å². The second kappa shape index (κ2) is 5.09. The van der Waals surface area contributed by atoms with Crippen molar-refractivity contribution in [2.45, 2.75) is 32.9 Å². The average molecular weight is 297 g/mol. The fourth-order valence-electron chi connectivity index (χ4n) is 2.26. The lowest BCUT2D eigenvalue weighted by molar-refractivity contribution is 0.101. The molecule has 2 nitrogen and oxygen atoms in total. The molecule has 1 aliphatic heterocycles. The molecule has 0 radical (unpaired) electrons. The van der Waals surface area contributed by atoms with Crippen LogP contribution in [0.4, 0.5) is 0 Å². The fraction of sp³-hybridized carbons (Fsp3) is 0.571. The van der Waals surface area contributed by atoms with Crippen molar-refractivity contribution in [2.24, 2.45) is 11.1 Å². The topological polar surface area (TPSA) is 29.3 Å². The molecule has 1 unspecified atom stereocenters. The predicted molar refractivity (Wildman–Crippen MR) is 75.8 cm³/mol. The molecule has 0 aromatic heterocycles. The van der Waals surface area contributed by atoms with Crippen LogP contribution in [0, 0.1) is 5.41 Å². The Morgan fingerprint density at radius 2 is 2.12 bits per heavy atom. The second-order valence-corrected chi connectivity index (χ2v) is 6.53. The third-order valence-corrected chi connectivity index (χ3v) is 4.66. The van der Waals surface area contributed by atoms with Crippen LogP contribution in [-0.2, 0) is 6.54 Å². The molecule has 17 heavy (non-hydrogen) atoms. The van der Waals surface area contributed by atoms with Crippen molar-refractivity contribution >= 4 is 15.9 Å². The average Bonchev–Trinajstić information content (AvgIpc) is 2.27. The Kier molecular flexibility index (Phi) is 3.91. The van der Waals surface area contributed by atoms with Crippen molar-refractivity contribution in [1.82, 2.24) is 4.90 Å². The van der Waals surface area contributed by atoms with Crippen LogP contribution < -0.4 is 5.73 Å². The molecule has 0 amide bonds. The standard InChI is InChI=1S/C14H21BrN2/c1-14(2)7-8-17(10-13(14)16)9-11-5-3-4-6-12(11)15/h3-6,13H,7-10,16H2,1-2H3. The number of rotatable bonds is 2. The number of benzene rings is 1. The van der Waals surface area contributed by atoms with E-state index in [9.17, 15) is 0 Å². The van der Waals surface area contributed by atoms with Crippen LogP contribution in [0.5, 0.6) is 0 Å². The van der Waals surface area contributed by atoms with Crippen LogP contribution in [0.3, 0.4) is 0 Å². The lowest BCUT2D eigenvalue weighted by Crippen LogP contribution is -2.52. The molecule has 1 atom stereocenters. The van der Waals surface area contributed by atoms with Crippen LogP contribution in [0.15, 0.2) is 28.7 Å². The number of hydrogen-bond donors (Lipinski definition) is 1. The highest BCUT2D eigenvalue weighted by molar-refractivity contribution is 9.10. The van der Waals surface area contributed by atoms with E-state index in [4.69, 9.17) is 5.73 Å². The Bertz CT molecular complexity index is 390. The van der Waals surface area contributed by atoms with Crippen LogP contribution >= 0.6 is 15.9 Å². The molecule has 1 heterocycles. The highest BCUT2D eigenvalue weighted by atomic mass is 79.9. The number of nitrogens with two attached hydrogens (primary N) is 1. The first kappa shape index (κ1) is 13.1. The number of piperidine rings is 1. The Morgan fingerprint density at radius 1 is 1.41 bits per heavy atom. The van der Waals surface area contributed by atoms with Crippen LogP contribution in [0.25, 0.3) is 0 Å². The molecule has 0 bridgehead atoms. The molecule has 1 saturated heterocycles. The van der Waals surface area contributed by atoms with Crippen molar-refractivity contribution in [3.8, 4) is 0 Å². The maximum Gasteiger partial charge on any atom is 0.0245 e.